The number of hydrogen-bond donors (Lipinski definition) is 1. The minimum absolute atomic E-state index is 0.000502. The molecule has 1 aliphatic rings. The van der Waals surface area contributed by atoms with Gasteiger partial charge in [0, 0.05) is 38.5 Å². The highest BCUT2D eigenvalue weighted by molar-refractivity contribution is 5.67. The molecule has 9 heteroatoms. The van der Waals surface area contributed by atoms with Gasteiger partial charge in [-0.15, -0.1) is 0 Å². The molecule has 0 aliphatic heterocycles. The summed E-state index contributed by atoms with van der Waals surface area (Å²) in [5, 5.41) is 8.85. The zero-order valence-electron chi connectivity index (χ0n) is 24.3. The van der Waals surface area contributed by atoms with Crippen LogP contribution in [0, 0.1) is 11.8 Å². The van der Waals surface area contributed by atoms with E-state index in [1.165, 1.54) is 13.8 Å². The Balaban J connectivity index is 2.95. The summed E-state index contributed by atoms with van der Waals surface area (Å²) in [5.74, 6) is -1.57. The van der Waals surface area contributed by atoms with Crippen molar-refractivity contribution in [2.45, 2.75) is 149 Å². The Labute approximate surface area is 228 Å². The number of rotatable bonds is 17. The molecule has 0 radical (unpaired) electrons. The Morgan fingerprint density at radius 3 is 1.92 bits per heavy atom. The Kier molecular flexibility index (Phi) is 15.3. The summed E-state index contributed by atoms with van der Waals surface area (Å²) in [7, 11) is 0. The zero-order chi connectivity index (χ0) is 28.7. The van der Waals surface area contributed by atoms with Gasteiger partial charge in [-0.3, -0.25) is 14.4 Å². The molecule has 0 heterocycles. The molecule has 0 bridgehead atoms. The van der Waals surface area contributed by atoms with Gasteiger partial charge in [0.1, 0.15) is 23.9 Å². The summed E-state index contributed by atoms with van der Waals surface area (Å²) in [5.41, 5.74) is -0.649. The SMILES string of the molecule is CCCCC[C@@H](CC[C@@H]1[C@@H](CCCCCCC(=O)O)[C@@H](OC(C)=O)C[C@H]1OC(C)=O)OC(=O)OC(C)(C)C. The molecule has 5 atom stereocenters. The normalized spacial score (nSPS) is 21.9. The highest BCUT2D eigenvalue weighted by atomic mass is 16.7. The lowest BCUT2D eigenvalue weighted by Gasteiger charge is -2.28. The number of esters is 2. The number of carbonyl (C=O) groups excluding carboxylic acids is 3. The fourth-order valence-corrected chi connectivity index (χ4v) is 5.31. The number of carboxylic acid groups (broad SMARTS) is 1. The van der Waals surface area contributed by atoms with Crippen LogP contribution in [0.2, 0.25) is 0 Å². The smallest absolute Gasteiger partial charge is 0.481 e. The molecular formula is C29H50O9. The molecule has 0 aromatic carbocycles. The molecule has 0 saturated heterocycles. The van der Waals surface area contributed by atoms with Crippen molar-refractivity contribution >= 4 is 24.1 Å². The summed E-state index contributed by atoms with van der Waals surface area (Å²) in [4.78, 5) is 46.9. The third kappa shape index (κ3) is 14.6. The summed E-state index contributed by atoms with van der Waals surface area (Å²) >= 11 is 0. The zero-order valence-corrected chi connectivity index (χ0v) is 24.3. The predicted octanol–water partition coefficient (Wildman–Crippen LogP) is 6.59. The van der Waals surface area contributed by atoms with Gasteiger partial charge in [0.2, 0.25) is 0 Å². The van der Waals surface area contributed by atoms with Crippen molar-refractivity contribution < 1.29 is 43.2 Å². The molecule has 220 valence electrons. The van der Waals surface area contributed by atoms with E-state index in [1.807, 2.05) is 0 Å². The molecule has 1 saturated carbocycles. The maximum atomic E-state index is 12.4. The van der Waals surface area contributed by atoms with Gasteiger partial charge in [-0.2, -0.15) is 0 Å². The first-order valence-electron chi connectivity index (χ1n) is 14.3. The van der Waals surface area contributed by atoms with E-state index in [0.29, 0.717) is 25.7 Å². The Morgan fingerprint density at radius 2 is 1.39 bits per heavy atom. The molecular weight excluding hydrogens is 492 g/mol. The van der Waals surface area contributed by atoms with Crippen molar-refractivity contribution in [3.05, 3.63) is 0 Å². The van der Waals surface area contributed by atoms with E-state index in [9.17, 15) is 19.2 Å². The Hall–Kier alpha value is -2.32. The van der Waals surface area contributed by atoms with Crippen molar-refractivity contribution in [3.63, 3.8) is 0 Å². The number of carbonyl (C=O) groups is 4. The van der Waals surface area contributed by atoms with E-state index in [4.69, 9.17) is 24.1 Å². The minimum Gasteiger partial charge on any atom is -0.481 e. The van der Waals surface area contributed by atoms with Crippen LogP contribution in [-0.4, -0.2) is 53.1 Å². The quantitative estimate of drug-likeness (QED) is 0.123. The molecule has 0 amide bonds. The highest BCUT2D eigenvalue weighted by Crippen LogP contribution is 2.43. The van der Waals surface area contributed by atoms with Crippen molar-refractivity contribution in [2.24, 2.45) is 11.8 Å². The van der Waals surface area contributed by atoms with Crippen molar-refractivity contribution in [2.75, 3.05) is 0 Å². The number of unbranched alkanes of at least 4 members (excludes halogenated alkanes) is 5. The average Bonchev–Trinajstić information content (AvgIpc) is 3.07. The number of carboxylic acids is 1. The first-order chi connectivity index (χ1) is 17.8. The molecule has 0 aromatic rings. The van der Waals surface area contributed by atoms with Gasteiger partial charge in [-0.1, -0.05) is 39.0 Å². The van der Waals surface area contributed by atoms with Crippen molar-refractivity contribution in [3.8, 4) is 0 Å². The second-order valence-electron chi connectivity index (χ2n) is 11.5. The van der Waals surface area contributed by atoms with Gasteiger partial charge in [0.15, 0.2) is 0 Å². The van der Waals surface area contributed by atoms with E-state index in [1.54, 1.807) is 20.8 Å². The average molecular weight is 543 g/mol. The van der Waals surface area contributed by atoms with Crippen LogP contribution in [0.4, 0.5) is 4.79 Å². The van der Waals surface area contributed by atoms with E-state index in [-0.39, 0.29) is 48.5 Å². The van der Waals surface area contributed by atoms with Crippen LogP contribution in [0.15, 0.2) is 0 Å². The molecule has 1 rings (SSSR count). The lowest BCUT2D eigenvalue weighted by atomic mass is 9.84. The largest absolute Gasteiger partial charge is 0.509 e. The van der Waals surface area contributed by atoms with Crippen LogP contribution < -0.4 is 0 Å². The Bertz CT molecular complexity index is 743. The van der Waals surface area contributed by atoms with Crippen LogP contribution in [0.3, 0.4) is 0 Å². The van der Waals surface area contributed by atoms with Gasteiger partial charge in [0.05, 0.1) is 0 Å². The van der Waals surface area contributed by atoms with E-state index in [0.717, 1.165) is 51.4 Å². The molecule has 1 N–H and O–H groups in total. The predicted molar refractivity (Wildman–Crippen MR) is 143 cm³/mol. The summed E-state index contributed by atoms with van der Waals surface area (Å²) in [6.45, 7) is 10.3. The van der Waals surface area contributed by atoms with Gasteiger partial charge < -0.3 is 24.1 Å². The second-order valence-corrected chi connectivity index (χ2v) is 11.5. The minimum atomic E-state index is -0.790. The maximum Gasteiger partial charge on any atom is 0.509 e. The third-order valence-electron chi connectivity index (χ3n) is 6.89. The van der Waals surface area contributed by atoms with Crippen LogP contribution in [0.25, 0.3) is 0 Å². The van der Waals surface area contributed by atoms with Crippen LogP contribution in [0.5, 0.6) is 0 Å². The molecule has 1 aliphatic carbocycles. The number of hydrogen-bond acceptors (Lipinski definition) is 8. The number of aliphatic carboxylic acids is 1. The first kappa shape index (κ1) is 33.7. The molecule has 1 fully saturated rings. The standard InChI is InChI=1S/C29H50O9/c1-7-8-11-14-22(37-28(34)38-29(4,5)6)17-18-24-23(15-12-9-10-13-16-27(32)33)25(35-20(2)30)19-26(24)36-21(3)31/h22-26H,7-19H2,1-6H3,(H,32,33)/t22-,23+,24+,25-,26+/m0/s1. The summed E-state index contributed by atoms with van der Waals surface area (Å²) in [6, 6.07) is 0. The van der Waals surface area contributed by atoms with Crippen molar-refractivity contribution in [1.29, 1.82) is 0 Å². The maximum absolute atomic E-state index is 12.4. The monoisotopic (exact) mass is 542 g/mol. The topological polar surface area (TPSA) is 125 Å². The lowest BCUT2D eigenvalue weighted by Crippen LogP contribution is -2.30. The van der Waals surface area contributed by atoms with E-state index < -0.39 is 17.7 Å². The highest BCUT2D eigenvalue weighted by Gasteiger charge is 2.46. The molecule has 9 nitrogen and oxygen atoms in total. The summed E-state index contributed by atoms with van der Waals surface area (Å²) < 4.78 is 22.5. The van der Waals surface area contributed by atoms with E-state index in [2.05, 4.69) is 6.92 Å². The fourth-order valence-electron chi connectivity index (χ4n) is 5.31. The fraction of sp³-hybridized carbons (Fsp3) is 0.862. The third-order valence-corrected chi connectivity index (χ3v) is 6.89. The lowest BCUT2D eigenvalue weighted by molar-refractivity contribution is -0.149. The molecule has 0 aromatic heterocycles. The molecule has 0 spiro atoms. The van der Waals surface area contributed by atoms with Gasteiger partial charge in [-0.05, 0) is 59.3 Å². The molecule has 38 heavy (non-hydrogen) atoms. The van der Waals surface area contributed by atoms with Gasteiger partial charge in [0.25, 0.3) is 0 Å². The van der Waals surface area contributed by atoms with Crippen LogP contribution in [-0.2, 0) is 33.3 Å². The second kappa shape index (κ2) is 17.3. The van der Waals surface area contributed by atoms with Gasteiger partial charge in [-0.25, -0.2) is 4.79 Å². The van der Waals surface area contributed by atoms with E-state index >= 15 is 0 Å². The van der Waals surface area contributed by atoms with Crippen LogP contribution in [0.1, 0.15) is 125 Å². The summed E-state index contributed by atoms with van der Waals surface area (Å²) in [6.07, 6.45) is 7.81. The molecule has 0 unspecified atom stereocenters. The Morgan fingerprint density at radius 1 is 0.816 bits per heavy atom. The van der Waals surface area contributed by atoms with Crippen LogP contribution >= 0.6 is 0 Å². The number of ether oxygens (including phenoxy) is 4. The van der Waals surface area contributed by atoms with Gasteiger partial charge >= 0.3 is 24.1 Å². The van der Waals surface area contributed by atoms with Crippen molar-refractivity contribution in [1.82, 2.24) is 0 Å². The first-order valence-corrected chi connectivity index (χ1v) is 14.3.